The van der Waals surface area contributed by atoms with Crippen molar-refractivity contribution in [2.75, 3.05) is 14.2 Å². The van der Waals surface area contributed by atoms with E-state index in [-0.39, 0.29) is 17.5 Å². The van der Waals surface area contributed by atoms with Crippen LogP contribution in [0.15, 0.2) is 17.0 Å². The van der Waals surface area contributed by atoms with E-state index in [0.29, 0.717) is 17.1 Å². The van der Waals surface area contributed by atoms with Gasteiger partial charge in [-0.15, -0.1) is 0 Å². The summed E-state index contributed by atoms with van der Waals surface area (Å²) in [5.41, 5.74) is 6.19. The smallest absolute Gasteiger partial charge is 0.240 e. The van der Waals surface area contributed by atoms with E-state index in [1.54, 1.807) is 13.8 Å². The highest BCUT2D eigenvalue weighted by molar-refractivity contribution is 7.89. The molecule has 0 amide bonds. The van der Waals surface area contributed by atoms with Crippen LogP contribution in [0, 0.1) is 0 Å². The summed E-state index contributed by atoms with van der Waals surface area (Å²) in [6, 6.07) is 2.72. The second kappa shape index (κ2) is 6.23. The molecule has 19 heavy (non-hydrogen) atoms. The standard InChI is InChI=1S/C12H20N2O4S/c1-8(2)14-19(15,16)10-5-9(7-13)12(18-4)11(6-10)17-3/h5-6,8,14H,7,13H2,1-4H3. The van der Waals surface area contributed by atoms with Crippen LogP contribution in [0.5, 0.6) is 11.5 Å². The van der Waals surface area contributed by atoms with E-state index in [9.17, 15) is 8.42 Å². The molecule has 0 unspecified atom stereocenters. The topological polar surface area (TPSA) is 90.7 Å². The zero-order valence-corrected chi connectivity index (χ0v) is 12.4. The van der Waals surface area contributed by atoms with Crippen molar-refractivity contribution < 1.29 is 17.9 Å². The minimum absolute atomic E-state index is 0.110. The van der Waals surface area contributed by atoms with Crippen LogP contribution in [0.3, 0.4) is 0 Å². The molecule has 6 nitrogen and oxygen atoms in total. The first-order valence-electron chi connectivity index (χ1n) is 5.83. The van der Waals surface area contributed by atoms with Crippen molar-refractivity contribution in [3.63, 3.8) is 0 Å². The molecule has 0 radical (unpaired) electrons. The predicted octanol–water partition coefficient (Wildman–Crippen LogP) is 0.849. The summed E-state index contributed by atoms with van der Waals surface area (Å²) in [7, 11) is -0.658. The Kier molecular flexibility index (Phi) is 5.16. The number of ether oxygens (including phenoxy) is 2. The molecule has 0 saturated carbocycles. The van der Waals surface area contributed by atoms with Crippen molar-refractivity contribution in [2.45, 2.75) is 31.3 Å². The predicted molar refractivity (Wildman–Crippen MR) is 72.9 cm³/mol. The van der Waals surface area contributed by atoms with Gasteiger partial charge in [0.05, 0.1) is 19.1 Å². The van der Waals surface area contributed by atoms with Gasteiger partial charge in [-0.25, -0.2) is 13.1 Å². The summed E-state index contributed by atoms with van der Waals surface area (Å²) >= 11 is 0. The third-order valence-corrected chi connectivity index (χ3v) is 4.09. The first-order chi connectivity index (χ1) is 8.85. The van der Waals surface area contributed by atoms with Crippen LogP contribution in [0.2, 0.25) is 0 Å². The monoisotopic (exact) mass is 288 g/mol. The van der Waals surface area contributed by atoms with E-state index in [0.717, 1.165) is 0 Å². The van der Waals surface area contributed by atoms with Crippen LogP contribution in [0.4, 0.5) is 0 Å². The molecular formula is C12H20N2O4S. The Bertz CT molecular complexity index is 516. The Labute approximate surface area is 113 Å². The summed E-state index contributed by atoms with van der Waals surface area (Å²) in [5, 5.41) is 0. The minimum atomic E-state index is -3.59. The summed E-state index contributed by atoms with van der Waals surface area (Å²) in [5.74, 6) is 0.795. The van der Waals surface area contributed by atoms with Gasteiger partial charge < -0.3 is 15.2 Å². The average molecular weight is 288 g/mol. The highest BCUT2D eigenvalue weighted by Crippen LogP contribution is 2.33. The van der Waals surface area contributed by atoms with Crippen LogP contribution in [-0.4, -0.2) is 28.7 Å². The number of nitrogens with two attached hydrogens (primary N) is 1. The molecule has 0 bridgehead atoms. The van der Waals surface area contributed by atoms with Crippen LogP contribution >= 0.6 is 0 Å². The molecule has 3 N–H and O–H groups in total. The Balaban J connectivity index is 3.38. The maximum Gasteiger partial charge on any atom is 0.240 e. The van der Waals surface area contributed by atoms with E-state index in [2.05, 4.69) is 4.72 Å². The summed E-state index contributed by atoms with van der Waals surface area (Å²) in [4.78, 5) is 0.110. The molecule has 108 valence electrons. The fraction of sp³-hybridized carbons (Fsp3) is 0.500. The first-order valence-corrected chi connectivity index (χ1v) is 7.31. The van der Waals surface area contributed by atoms with Gasteiger partial charge in [-0.05, 0) is 19.9 Å². The maximum absolute atomic E-state index is 12.1. The fourth-order valence-corrected chi connectivity index (χ4v) is 3.02. The van der Waals surface area contributed by atoms with Gasteiger partial charge in [-0.3, -0.25) is 0 Å². The lowest BCUT2D eigenvalue weighted by molar-refractivity contribution is 0.350. The van der Waals surface area contributed by atoms with Gasteiger partial charge in [0.15, 0.2) is 11.5 Å². The number of sulfonamides is 1. The van der Waals surface area contributed by atoms with Gasteiger partial charge in [-0.1, -0.05) is 0 Å². The van der Waals surface area contributed by atoms with Gasteiger partial charge >= 0.3 is 0 Å². The lowest BCUT2D eigenvalue weighted by atomic mass is 10.2. The molecule has 0 aliphatic carbocycles. The number of methoxy groups -OCH3 is 2. The molecule has 0 heterocycles. The number of rotatable bonds is 6. The molecule has 0 aliphatic heterocycles. The van der Waals surface area contributed by atoms with Gasteiger partial charge in [0.25, 0.3) is 0 Å². The first kappa shape index (κ1) is 15.7. The summed E-state index contributed by atoms with van der Waals surface area (Å²) < 4.78 is 37.1. The quantitative estimate of drug-likeness (QED) is 0.810. The lowest BCUT2D eigenvalue weighted by Gasteiger charge is -2.15. The molecule has 0 aliphatic rings. The summed E-state index contributed by atoms with van der Waals surface area (Å²) in [6.45, 7) is 3.66. The van der Waals surface area contributed by atoms with Gasteiger partial charge in [0, 0.05) is 24.2 Å². The van der Waals surface area contributed by atoms with Crippen molar-refractivity contribution >= 4 is 10.0 Å². The van der Waals surface area contributed by atoms with Crippen LogP contribution in [0.25, 0.3) is 0 Å². The van der Waals surface area contributed by atoms with Crippen molar-refractivity contribution in [2.24, 2.45) is 5.73 Å². The molecule has 0 atom stereocenters. The maximum atomic E-state index is 12.1. The number of hydrogen-bond donors (Lipinski definition) is 2. The lowest BCUT2D eigenvalue weighted by Crippen LogP contribution is -2.30. The van der Waals surface area contributed by atoms with Crippen molar-refractivity contribution in [3.8, 4) is 11.5 Å². The van der Waals surface area contributed by atoms with E-state index in [4.69, 9.17) is 15.2 Å². The molecule has 1 aromatic carbocycles. The van der Waals surface area contributed by atoms with Crippen molar-refractivity contribution in [1.29, 1.82) is 0 Å². The Hall–Kier alpha value is -1.31. The van der Waals surface area contributed by atoms with Gasteiger partial charge in [0.2, 0.25) is 10.0 Å². The molecule has 1 rings (SSSR count). The third-order valence-electron chi connectivity index (χ3n) is 2.45. The minimum Gasteiger partial charge on any atom is -0.493 e. The normalized spacial score (nSPS) is 11.7. The Morgan fingerprint density at radius 3 is 2.32 bits per heavy atom. The summed E-state index contributed by atoms with van der Waals surface area (Å²) in [6.07, 6.45) is 0. The zero-order chi connectivity index (χ0) is 14.6. The van der Waals surface area contributed by atoms with E-state index < -0.39 is 10.0 Å². The second-order valence-electron chi connectivity index (χ2n) is 4.30. The van der Waals surface area contributed by atoms with E-state index in [1.165, 1.54) is 26.4 Å². The zero-order valence-electron chi connectivity index (χ0n) is 11.6. The molecule has 0 spiro atoms. The van der Waals surface area contributed by atoms with Crippen LogP contribution in [-0.2, 0) is 16.6 Å². The van der Waals surface area contributed by atoms with Crippen molar-refractivity contribution in [3.05, 3.63) is 17.7 Å². The highest BCUT2D eigenvalue weighted by atomic mass is 32.2. The molecule has 7 heteroatoms. The molecule has 1 aromatic rings. The largest absolute Gasteiger partial charge is 0.493 e. The van der Waals surface area contributed by atoms with Gasteiger partial charge in [-0.2, -0.15) is 0 Å². The van der Waals surface area contributed by atoms with Crippen LogP contribution < -0.4 is 19.9 Å². The molecule has 0 saturated heterocycles. The third kappa shape index (κ3) is 3.59. The number of nitrogens with one attached hydrogen (secondary N) is 1. The number of benzene rings is 1. The Morgan fingerprint density at radius 2 is 1.89 bits per heavy atom. The van der Waals surface area contributed by atoms with Gasteiger partial charge in [0.1, 0.15) is 0 Å². The highest BCUT2D eigenvalue weighted by Gasteiger charge is 2.20. The molecular weight excluding hydrogens is 268 g/mol. The average Bonchev–Trinajstić information content (AvgIpc) is 2.35. The Morgan fingerprint density at radius 1 is 1.26 bits per heavy atom. The van der Waals surface area contributed by atoms with Crippen molar-refractivity contribution in [1.82, 2.24) is 4.72 Å². The SMILES string of the molecule is COc1cc(S(=O)(=O)NC(C)C)cc(CN)c1OC. The molecule has 0 fully saturated rings. The molecule has 0 aromatic heterocycles. The van der Waals surface area contributed by atoms with E-state index in [1.807, 2.05) is 0 Å². The second-order valence-corrected chi connectivity index (χ2v) is 6.01. The number of hydrogen-bond acceptors (Lipinski definition) is 5. The van der Waals surface area contributed by atoms with E-state index >= 15 is 0 Å². The van der Waals surface area contributed by atoms with Crippen LogP contribution in [0.1, 0.15) is 19.4 Å². The fourth-order valence-electron chi connectivity index (χ4n) is 1.70.